The molecular weight excluding hydrogens is 359 g/mol. The second kappa shape index (κ2) is 7.75. The number of anilines is 1. The summed E-state index contributed by atoms with van der Waals surface area (Å²) in [6.45, 7) is 2.30. The summed E-state index contributed by atoms with van der Waals surface area (Å²) < 4.78 is 40.0. The third kappa shape index (κ3) is 4.52. The van der Waals surface area contributed by atoms with E-state index in [1.165, 1.54) is 12.1 Å². The van der Waals surface area contributed by atoms with E-state index in [0.717, 1.165) is 5.56 Å². The van der Waals surface area contributed by atoms with Gasteiger partial charge in [-0.3, -0.25) is 0 Å². The lowest BCUT2D eigenvalue weighted by Gasteiger charge is -2.07. The van der Waals surface area contributed by atoms with Crippen LogP contribution in [-0.2, 0) is 23.0 Å². The number of hydrogen-bond acceptors (Lipinski definition) is 6. The maximum Gasteiger partial charge on any atom is 0.211 e. The monoisotopic (exact) mass is 378 g/mol. The Morgan fingerprint density at radius 1 is 1.12 bits per heavy atom. The molecule has 3 aromatic rings. The smallest absolute Gasteiger partial charge is 0.211 e. The zero-order valence-corrected chi connectivity index (χ0v) is 15.0. The number of fused-ring (bicyclic) bond motifs is 1. The lowest BCUT2D eigenvalue weighted by molar-refractivity contribution is 0.581. The van der Waals surface area contributed by atoms with E-state index in [9.17, 15) is 12.8 Å². The van der Waals surface area contributed by atoms with Crippen LogP contribution in [0, 0.1) is 5.82 Å². The molecule has 0 radical (unpaired) electrons. The van der Waals surface area contributed by atoms with E-state index in [1.54, 1.807) is 35.7 Å². The van der Waals surface area contributed by atoms with Gasteiger partial charge in [0.2, 0.25) is 10.0 Å². The molecule has 0 bridgehead atoms. The van der Waals surface area contributed by atoms with Crippen molar-refractivity contribution in [3.63, 3.8) is 0 Å². The molecule has 0 aliphatic rings. The zero-order valence-electron chi connectivity index (χ0n) is 14.2. The molecule has 2 N–H and O–H groups in total. The Kier molecular flexibility index (Phi) is 5.43. The first kappa shape index (κ1) is 18.2. The highest BCUT2D eigenvalue weighted by atomic mass is 32.2. The van der Waals surface area contributed by atoms with Gasteiger partial charge >= 0.3 is 0 Å². The molecule has 0 amide bonds. The highest BCUT2D eigenvalue weighted by Gasteiger charge is 2.10. The van der Waals surface area contributed by atoms with Crippen molar-refractivity contribution >= 4 is 21.5 Å². The van der Waals surface area contributed by atoms with Crippen LogP contribution in [0.5, 0.6) is 0 Å². The number of sulfonamides is 1. The van der Waals surface area contributed by atoms with Gasteiger partial charge in [0.1, 0.15) is 11.6 Å². The van der Waals surface area contributed by atoms with Crippen LogP contribution < -0.4 is 10.0 Å². The van der Waals surface area contributed by atoms with Gasteiger partial charge < -0.3 is 5.32 Å². The van der Waals surface area contributed by atoms with Gasteiger partial charge in [0.15, 0.2) is 11.5 Å². The summed E-state index contributed by atoms with van der Waals surface area (Å²) in [5, 5.41) is 15.7. The molecule has 0 aliphatic heterocycles. The standard InChI is InChI=1S/C16H19FN6O2S/c1-2-26(24,25)19-10-9-16-21-20-15-8-7-14(22-23(15)16)18-11-12-3-5-13(17)6-4-12/h3-8,19H,2,9-11H2,1H3,(H,18,22). The lowest BCUT2D eigenvalue weighted by atomic mass is 10.2. The molecule has 138 valence electrons. The minimum atomic E-state index is -3.24. The molecule has 0 fully saturated rings. The molecule has 1 aromatic carbocycles. The lowest BCUT2D eigenvalue weighted by Crippen LogP contribution is -2.27. The van der Waals surface area contributed by atoms with E-state index in [1.807, 2.05) is 0 Å². The normalized spacial score (nSPS) is 11.8. The molecule has 0 aliphatic carbocycles. The fourth-order valence-corrected chi connectivity index (χ4v) is 2.92. The number of nitrogens with one attached hydrogen (secondary N) is 2. The number of hydrogen-bond donors (Lipinski definition) is 2. The number of nitrogens with zero attached hydrogens (tertiary/aromatic N) is 4. The molecule has 0 atom stereocenters. The average Bonchev–Trinajstić information content (AvgIpc) is 3.03. The van der Waals surface area contributed by atoms with Gasteiger partial charge in [0.05, 0.1) is 5.75 Å². The summed E-state index contributed by atoms with van der Waals surface area (Å²) in [4.78, 5) is 0. The van der Waals surface area contributed by atoms with Gasteiger partial charge in [-0.1, -0.05) is 12.1 Å². The van der Waals surface area contributed by atoms with Crippen LogP contribution in [-0.4, -0.2) is 40.5 Å². The van der Waals surface area contributed by atoms with Crippen molar-refractivity contribution in [2.75, 3.05) is 17.6 Å². The predicted molar refractivity (Wildman–Crippen MR) is 95.7 cm³/mol. The van der Waals surface area contributed by atoms with Crippen molar-refractivity contribution in [2.45, 2.75) is 19.9 Å². The van der Waals surface area contributed by atoms with Gasteiger partial charge in [-0.15, -0.1) is 15.3 Å². The third-order valence-electron chi connectivity index (χ3n) is 3.76. The van der Waals surface area contributed by atoms with Crippen LogP contribution in [0.25, 0.3) is 5.65 Å². The molecule has 26 heavy (non-hydrogen) atoms. The largest absolute Gasteiger partial charge is 0.365 e. The van der Waals surface area contributed by atoms with Crippen molar-refractivity contribution in [2.24, 2.45) is 0 Å². The second-order valence-electron chi connectivity index (χ2n) is 5.63. The van der Waals surface area contributed by atoms with E-state index in [2.05, 4.69) is 25.3 Å². The van der Waals surface area contributed by atoms with Crippen molar-refractivity contribution in [3.05, 3.63) is 53.6 Å². The molecule has 2 heterocycles. The third-order valence-corrected chi connectivity index (χ3v) is 5.17. The molecule has 10 heteroatoms. The summed E-state index contributed by atoms with van der Waals surface area (Å²) >= 11 is 0. The average molecular weight is 378 g/mol. The number of aromatic nitrogens is 4. The minimum Gasteiger partial charge on any atom is -0.365 e. The van der Waals surface area contributed by atoms with Gasteiger partial charge in [-0.2, -0.15) is 4.52 Å². The summed E-state index contributed by atoms with van der Waals surface area (Å²) in [5.74, 6) is 0.922. The van der Waals surface area contributed by atoms with E-state index < -0.39 is 10.0 Å². The number of rotatable bonds is 8. The highest BCUT2D eigenvalue weighted by Crippen LogP contribution is 2.10. The number of benzene rings is 1. The Morgan fingerprint density at radius 2 is 1.88 bits per heavy atom. The molecule has 8 nitrogen and oxygen atoms in total. The molecule has 0 spiro atoms. The van der Waals surface area contributed by atoms with Crippen LogP contribution in [0.2, 0.25) is 0 Å². The summed E-state index contributed by atoms with van der Waals surface area (Å²) in [6, 6.07) is 9.76. The van der Waals surface area contributed by atoms with Crippen LogP contribution in [0.15, 0.2) is 36.4 Å². The Hall–Kier alpha value is -2.59. The maximum atomic E-state index is 12.9. The first-order chi connectivity index (χ1) is 12.5. The molecule has 0 saturated heterocycles. The first-order valence-electron chi connectivity index (χ1n) is 8.14. The van der Waals surface area contributed by atoms with E-state index in [-0.39, 0.29) is 18.1 Å². The second-order valence-corrected chi connectivity index (χ2v) is 7.73. The fourth-order valence-electron chi connectivity index (χ4n) is 2.30. The molecule has 3 rings (SSSR count). The highest BCUT2D eigenvalue weighted by molar-refractivity contribution is 7.89. The van der Waals surface area contributed by atoms with Gasteiger partial charge in [0, 0.05) is 19.5 Å². The van der Waals surface area contributed by atoms with Gasteiger partial charge in [-0.05, 0) is 36.8 Å². The topological polar surface area (TPSA) is 101 Å². The van der Waals surface area contributed by atoms with Crippen molar-refractivity contribution in [1.29, 1.82) is 0 Å². The van der Waals surface area contributed by atoms with Gasteiger partial charge in [0.25, 0.3) is 0 Å². The number of halogens is 1. The molecular formula is C16H19FN6O2S. The maximum absolute atomic E-state index is 12.9. The van der Waals surface area contributed by atoms with Crippen LogP contribution >= 0.6 is 0 Å². The van der Waals surface area contributed by atoms with Crippen LogP contribution in [0.3, 0.4) is 0 Å². The predicted octanol–water partition coefficient (Wildman–Crippen LogP) is 1.36. The SMILES string of the molecule is CCS(=O)(=O)NCCc1nnc2ccc(NCc3ccc(F)cc3)nn12. The Balaban J connectivity index is 1.68. The Bertz CT molecular complexity index is 988. The minimum absolute atomic E-state index is 0.0310. The van der Waals surface area contributed by atoms with E-state index in [4.69, 9.17) is 0 Å². The van der Waals surface area contributed by atoms with E-state index in [0.29, 0.717) is 30.3 Å². The summed E-state index contributed by atoms with van der Waals surface area (Å²) in [6.07, 6.45) is 0.370. The van der Waals surface area contributed by atoms with Crippen molar-refractivity contribution < 1.29 is 12.8 Å². The fraction of sp³-hybridized carbons (Fsp3) is 0.312. The quantitative estimate of drug-likeness (QED) is 0.614. The Labute approximate surface area is 150 Å². The first-order valence-corrected chi connectivity index (χ1v) is 9.79. The van der Waals surface area contributed by atoms with Crippen LogP contribution in [0.4, 0.5) is 10.2 Å². The zero-order chi connectivity index (χ0) is 18.6. The Morgan fingerprint density at radius 3 is 2.62 bits per heavy atom. The van der Waals surface area contributed by atoms with Crippen LogP contribution in [0.1, 0.15) is 18.3 Å². The van der Waals surface area contributed by atoms with E-state index >= 15 is 0 Å². The van der Waals surface area contributed by atoms with Crippen molar-refractivity contribution in [3.8, 4) is 0 Å². The molecule has 0 saturated carbocycles. The summed E-state index contributed by atoms with van der Waals surface area (Å²) in [5.41, 5.74) is 1.50. The molecule has 2 aromatic heterocycles. The van der Waals surface area contributed by atoms with Gasteiger partial charge in [-0.25, -0.2) is 17.5 Å². The summed E-state index contributed by atoms with van der Waals surface area (Å²) in [7, 11) is -3.24. The molecule has 0 unspecified atom stereocenters. The van der Waals surface area contributed by atoms with Crippen molar-refractivity contribution in [1.82, 2.24) is 24.5 Å².